The van der Waals surface area contributed by atoms with Gasteiger partial charge in [-0.15, -0.1) is 0 Å². The van der Waals surface area contributed by atoms with Crippen molar-refractivity contribution in [2.24, 2.45) is 0 Å². The van der Waals surface area contributed by atoms with Crippen LogP contribution in [-0.2, 0) is 29.0 Å². The fraction of sp³-hybridized carbons (Fsp3) is 0.250. The molecule has 0 radical (unpaired) electrons. The predicted molar refractivity (Wildman–Crippen MR) is 103 cm³/mol. The number of benzene rings is 2. The number of amides is 1. The van der Waals surface area contributed by atoms with Crippen LogP contribution in [0.3, 0.4) is 0 Å². The van der Waals surface area contributed by atoms with Crippen molar-refractivity contribution in [1.82, 2.24) is 5.32 Å². The zero-order chi connectivity index (χ0) is 19.2. The maximum absolute atomic E-state index is 12.4. The van der Waals surface area contributed by atoms with Crippen molar-refractivity contribution >= 4 is 24.0 Å². The molecule has 3 aromatic rings. The molecule has 0 aliphatic rings. The summed E-state index contributed by atoms with van der Waals surface area (Å²) in [4.78, 5) is 12.4. The summed E-state index contributed by atoms with van der Waals surface area (Å²) >= 11 is 0. The molecule has 2 aromatic carbocycles. The van der Waals surface area contributed by atoms with Crippen LogP contribution in [0.5, 0.6) is 0 Å². The Morgan fingerprint density at radius 1 is 1.19 bits per heavy atom. The second-order valence-electron chi connectivity index (χ2n) is 6.48. The molecular formula is C20H22BNO5. The van der Waals surface area contributed by atoms with E-state index in [2.05, 4.69) is 5.32 Å². The van der Waals surface area contributed by atoms with Gasteiger partial charge in [0, 0.05) is 12.5 Å². The average Bonchev–Trinajstić information content (AvgIpc) is 3.05. The Labute approximate surface area is 157 Å². The van der Waals surface area contributed by atoms with E-state index < -0.39 is 13.1 Å². The van der Waals surface area contributed by atoms with E-state index in [-0.39, 0.29) is 18.7 Å². The molecule has 1 unspecified atom stereocenters. The second-order valence-corrected chi connectivity index (χ2v) is 6.48. The molecule has 0 saturated carbocycles. The van der Waals surface area contributed by atoms with Gasteiger partial charge < -0.3 is 24.5 Å². The first-order valence-electron chi connectivity index (χ1n) is 8.74. The van der Waals surface area contributed by atoms with Crippen molar-refractivity contribution in [2.75, 3.05) is 7.11 Å². The van der Waals surface area contributed by atoms with Gasteiger partial charge in [0.05, 0.1) is 25.2 Å². The van der Waals surface area contributed by atoms with E-state index in [4.69, 9.17) is 9.15 Å². The third-order valence-corrected chi connectivity index (χ3v) is 4.37. The number of methoxy groups -OCH3 is 1. The van der Waals surface area contributed by atoms with E-state index in [1.807, 2.05) is 48.5 Å². The largest absolute Gasteiger partial charge is 0.475 e. The summed E-state index contributed by atoms with van der Waals surface area (Å²) in [5.74, 6) is -1.11. The van der Waals surface area contributed by atoms with Crippen molar-refractivity contribution in [3.05, 3.63) is 71.5 Å². The van der Waals surface area contributed by atoms with Gasteiger partial charge in [-0.05, 0) is 29.2 Å². The van der Waals surface area contributed by atoms with Crippen molar-refractivity contribution in [3.63, 3.8) is 0 Å². The summed E-state index contributed by atoms with van der Waals surface area (Å²) < 4.78 is 10.6. The van der Waals surface area contributed by atoms with Gasteiger partial charge in [0.2, 0.25) is 5.91 Å². The first-order chi connectivity index (χ1) is 13.1. The Balaban J connectivity index is 1.67. The van der Waals surface area contributed by atoms with Gasteiger partial charge in [-0.3, -0.25) is 4.79 Å². The number of hydrogen-bond donors (Lipinski definition) is 3. The number of para-hydroxylation sites is 1. The minimum Gasteiger partial charge on any atom is -0.464 e. The molecular weight excluding hydrogens is 345 g/mol. The lowest BCUT2D eigenvalue weighted by Gasteiger charge is -2.17. The fourth-order valence-corrected chi connectivity index (χ4v) is 3.10. The fourth-order valence-electron chi connectivity index (χ4n) is 3.10. The Morgan fingerprint density at radius 3 is 2.74 bits per heavy atom. The Kier molecular flexibility index (Phi) is 6.29. The molecule has 27 heavy (non-hydrogen) atoms. The first-order valence-corrected chi connectivity index (χ1v) is 8.74. The van der Waals surface area contributed by atoms with E-state index in [0.717, 1.165) is 27.7 Å². The van der Waals surface area contributed by atoms with Gasteiger partial charge in [0.25, 0.3) is 0 Å². The lowest BCUT2D eigenvalue weighted by molar-refractivity contribution is -0.120. The lowest BCUT2D eigenvalue weighted by atomic mass is 9.75. The van der Waals surface area contributed by atoms with Crippen LogP contribution in [-0.4, -0.2) is 36.1 Å². The Hall–Kier alpha value is -2.61. The highest BCUT2D eigenvalue weighted by Crippen LogP contribution is 2.22. The number of rotatable bonds is 8. The number of hydrogen-bond acceptors (Lipinski definition) is 5. The number of carbonyl (C=O) groups excluding carboxylic acids is 1. The van der Waals surface area contributed by atoms with E-state index in [9.17, 15) is 14.8 Å². The number of carbonyl (C=O) groups is 1. The summed E-state index contributed by atoms with van der Waals surface area (Å²) in [6, 6.07) is 15.0. The maximum atomic E-state index is 12.4. The highest BCUT2D eigenvalue weighted by Gasteiger charge is 2.27. The molecule has 0 saturated heterocycles. The molecule has 1 amide bonds. The lowest BCUT2D eigenvalue weighted by Crippen LogP contribution is -2.48. The Bertz CT molecular complexity index is 908. The van der Waals surface area contributed by atoms with Crippen LogP contribution in [0.1, 0.15) is 16.7 Å². The van der Waals surface area contributed by atoms with E-state index >= 15 is 0 Å². The molecule has 0 aliphatic heterocycles. The summed E-state index contributed by atoms with van der Waals surface area (Å²) in [5, 5.41) is 23.0. The number of nitrogens with one attached hydrogen (secondary N) is 1. The average molecular weight is 367 g/mol. The molecule has 3 N–H and O–H groups in total. The molecule has 0 bridgehead atoms. The molecule has 7 heteroatoms. The van der Waals surface area contributed by atoms with Crippen LogP contribution in [0.4, 0.5) is 0 Å². The summed E-state index contributed by atoms with van der Waals surface area (Å²) in [7, 11) is -0.0611. The molecule has 0 fully saturated rings. The van der Waals surface area contributed by atoms with Crippen molar-refractivity contribution < 1.29 is 24.0 Å². The van der Waals surface area contributed by atoms with Gasteiger partial charge in [-0.25, -0.2) is 0 Å². The minimum atomic E-state index is -1.68. The Morgan fingerprint density at radius 2 is 1.96 bits per heavy atom. The van der Waals surface area contributed by atoms with E-state index in [1.54, 1.807) is 13.4 Å². The number of ether oxygens (including phenoxy) is 1. The summed E-state index contributed by atoms with van der Waals surface area (Å²) in [5.41, 5.74) is 3.35. The molecule has 0 spiro atoms. The van der Waals surface area contributed by atoms with Gasteiger partial charge in [-0.2, -0.15) is 0 Å². The molecule has 0 aliphatic carbocycles. The first kappa shape index (κ1) is 19.2. The quantitative estimate of drug-likeness (QED) is 0.529. The second kappa shape index (κ2) is 8.86. The van der Waals surface area contributed by atoms with Crippen LogP contribution in [0, 0.1) is 0 Å². The van der Waals surface area contributed by atoms with Crippen molar-refractivity contribution in [1.29, 1.82) is 0 Å². The normalized spacial score (nSPS) is 12.1. The van der Waals surface area contributed by atoms with Crippen LogP contribution >= 0.6 is 0 Å². The van der Waals surface area contributed by atoms with Gasteiger partial charge in [0.1, 0.15) is 5.58 Å². The number of furan rings is 1. The van der Waals surface area contributed by atoms with Crippen molar-refractivity contribution in [3.8, 4) is 0 Å². The standard InChI is InChI=1S/C20H22BNO5/c1-26-12-15-6-4-5-14(9-15)10-20(23)22-19(21(24)25)11-16-13-27-18-8-3-2-7-17(16)18/h2-9,13,19,24-25H,10-12H2,1H3,(H,22,23). The monoisotopic (exact) mass is 367 g/mol. The molecule has 3 rings (SSSR count). The van der Waals surface area contributed by atoms with Gasteiger partial charge in [-0.1, -0.05) is 42.5 Å². The van der Waals surface area contributed by atoms with Gasteiger partial charge >= 0.3 is 7.12 Å². The maximum Gasteiger partial charge on any atom is 0.475 e. The molecule has 1 aromatic heterocycles. The third kappa shape index (κ3) is 4.98. The van der Waals surface area contributed by atoms with E-state index in [0.29, 0.717) is 6.61 Å². The van der Waals surface area contributed by atoms with Crippen LogP contribution in [0.25, 0.3) is 11.0 Å². The third-order valence-electron chi connectivity index (χ3n) is 4.37. The van der Waals surface area contributed by atoms with Crippen LogP contribution in [0.15, 0.2) is 59.2 Å². The highest BCUT2D eigenvalue weighted by atomic mass is 16.5. The molecule has 1 heterocycles. The van der Waals surface area contributed by atoms with E-state index in [1.165, 1.54) is 0 Å². The van der Waals surface area contributed by atoms with Crippen molar-refractivity contribution in [2.45, 2.75) is 25.4 Å². The van der Waals surface area contributed by atoms with Crippen LogP contribution < -0.4 is 5.32 Å². The zero-order valence-electron chi connectivity index (χ0n) is 15.1. The summed E-state index contributed by atoms with van der Waals surface area (Å²) in [6.45, 7) is 0.473. The van der Waals surface area contributed by atoms with Gasteiger partial charge in [0.15, 0.2) is 0 Å². The topological polar surface area (TPSA) is 91.9 Å². The molecule has 1 atom stereocenters. The summed E-state index contributed by atoms with van der Waals surface area (Å²) in [6.07, 6.45) is 1.98. The minimum absolute atomic E-state index is 0.146. The highest BCUT2D eigenvalue weighted by molar-refractivity contribution is 6.43. The molecule has 6 nitrogen and oxygen atoms in total. The number of fused-ring (bicyclic) bond motifs is 1. The predicted octanol–water partition coefficient (Wildman–Crippen LogP) is 1.86. The smallest absolute Gasteiger partial charge is 0.464 e. The molecule has 140 valence electrons. The SMILES string of the molecule is COCc1cccc(CC(=O)NC(Cc2coc3ccccc23)B(O)O)c1. The zero-order valence-corrected chi connectivity index (χ0v) is 15.1. The van der Waals surface area contributed by atoms with Crippen LogP contribution in [0.2, 0.25) is 0 Å².